The van der Waals surface area contributed by atoms with Gasteiger partial charge in [0.1, 0.15) is 11.6 Å². The standard InChI is InChI=1S/C24H23ClF2N2O2S/c1-17-22(25)3-2-4-23(17)32(30,31)29-15-13-28(14-16-29)24(18-5-9-20(26)10-6-18)19-7-11-21(27)12-8-19/h2-12,24H,13-16H2,1H3. The minimum Gasteiger partial charge on any atom is -0.290 e. The summed E-state index contributed by atoms with van der Waals surface area (Å²) >= 11 is 6.14. The Bertz CT molecular complexity index is 1150. The van der Waals surface area contributed by atoms with E-state index in [0.717, 1.165) is 11.1 Å². The van der Waals surface area contributed by atoms with Gasteiger partial charge in [0.25, 0.3) is 0 Å². The molecule has 0 spiro atoms. The first-order chi connectivity index (χ1) is 15.3. The van der Waals surface area contributed by atoms with Crippen molar-refractivity contribution in [2.75, 3.05) is 26.2 Å². The van der Waals surface area contributed by atoms with Crippen LogP contribution in [0.5, 0.6) is 0 Å². The van der Waals surface area contributed by atoms with Crippen molar-refractivity contribution in [2.45, 2.75) is 17.9 Å². The van der Waals surface area contributed by atoms with Crippen molar-refractivity contribution in [3.05, 3.63) is 100 Å². The van der Waals surface area contributed by atoms with E-state index in [1.807, 2.05) is 0 Å². The molecule has 4 rings (SSSR count). The molecule has 168 valence electrons. The molecule has 0 aromatic heterocycles. The van der Waals surface area contributed by atoms with Gasteiger partial charge < -0.3 is 0 Å². The molecule has 8 heteroatoms. The first kappa shape index (κ1) is 22.9. The molecule has 0 unspecified atom stereocenters. The molecule has 1 aliphatic heterocycles. The van der Waals surface area contributed by atoms with E-state index in [4.69, 9.17) is 11.6 Å². The summed E-state index contributed by atoms with van der Waals surface area (Å²) < 4.78 is 54.9. The summed E-state index contributed by atoms with van der Waals surface area (Å²) in [5.41, 5.74) is 2.26. The topological polar surface area (TPSA) is 40.6 Å². The molecular weight excluding hydrogens is 454 g/mol. The average Bonchev–Trinajstić information content (AvgIpc) is 2.78. The number of benzene rings is 3. The normalized spacial score (nSPS) is 15.9. The van der Waals surface area contributed by atoms with Crippen LogP contribution in [-0.2, 0) is 10.0 Å². The van der Waals surface area contributed by atoms with Crippen LogP contribution in [0.3, 0.4) is 0 Å². The minimum absolute atomic E-state index is 0.215. The summed E-state index contributed by atoms with van der Waals surface area (Å²) in [4.78, 5) is 2.35. The Morgan fingerprint density at radius 3 is 1.81 bits per heavy atom. The zero-order valence-electron chi connectivity index (χ0n) is 17.5. The summed E-state index contributed by atoms with van der Waals surface area (Å²) in [5.74, 6) is -0.668. The van der Waals surface area contributed by atoms with Crippen LogP contribution < -0.4 is 0 Å². The van der Waals surface area contributed by atoms with E-state index >= 15 is 0 Å². The molecule has 0 saturated carbocycles. The van der Waals surface area contributed by atoms with E-state index in [1.165, 1.54) is 28.6 Å². The number of halogens is 3. The highest BCUT2D eigenvalue weighted by molar-refractivity contribution is 7.89. The Labute approximate surface area is 192 Å². The second kappa shape index (κ2) is 9.27. The average molecular weight is 477 g/mol. The van der Waals surface area contributed by atoms with Gasteiger partial charge in [0.05, 0.1) is 10.9 Å². The van der Waals surface area contributed by atoms with Crippen molar-refractivity contribution in [3.8, 4) is 0 Å². The second-order valence-corrected chi connectivity index (χ2v) is 10.1. The number of piperazine rings is 1. The van der Waals surface area contributed by atoms with Crippen LogP contribution in [-0.4, -0.2) is 43.8 Å². The predicted octanol–water partition coefficient (Wildman–Crippen LogP) is 5.02. The number of hydrogen-bond donors (Lipinski definition) is 0. The van der Waals surface area contributed by atoms with Crippen LogP contribution in [0.2, 0.25) is 5.02 Å². The minimum atomic E-state index is -3.68. The first-order valence-electron chi connectivity index (χ1n) is 10.3. The van der Waals surface area contributed by atoms with Gasteiger partial charge in [0.2, 0.25) is 10.0 Å². The highest BCUT2D eigenvalue weighted by Gasteiger charge is 2.33. The molecule has 0 N–H and O–H groups in total. The van der Waals surface area contributed by atoms with Crippen LogP contribution in [0.1, 0.15) is 22.7 Å². The zero-order valence-corrected chi connectivity index (χ0v) is 19.1. The molecule has 4 nitrogen and oxygen atoms in total. The fourth-order valence-corrected chi connectivity index (χ4v) is 6.01. The summed E-state index contributed by atoms with van der Waals surface area (Å²) in [6.07, 6.45) is 0. The molecule has 1 saturated heterocycles. The van der Waals surface area contributed by atoms with Gasteiger partial charge >= 0.3 is 0 Å². The van der Waals surface area contributed by atoms with Crippen molar-refractivity contribution in [1.29, 1.82) is 0 Å². The number of nitrogens with zero attached hydrogens (tertiary/aromatic N) is 2. The third kappa shape index (κ3) is 4.57. The number of hydrogen-bond acceptors (Lipinski definition) is 3. The third-order valence-electron chi connectivity index (χ3n) is 5.85. The lowest BCUT2D eigenvalue weighted by Crippen LogP contribution is -2.49. The monoisotopic (exact) mass is 476 g/mol. The Morgan fingerprint density at radius 1 is 0.812 bits per heavy atom. The van der Waals surface area contributed by atoms with E-state index in [-0.39, 0.29) is 22.6 Å². The van der Waals surface area contributed by atoms with Gasteiger partial charge in [-0.05, 0) is 60.0 Å². The van der Waals surface area contributed by atoms with Crippen LogP contribution in [0, 0.1) is 18.6 Å². The lowest BCUT2D eigenvalue weighted by molar-refractivity contribution is 0.155. The summed E-state index contributed by atoms with van der Waals surface area (Å²) in [5, 5.41) is 0.414. The summed E-state index contributed by atoms with van der Waals surface area (Å²) in [7, 11) is -3.68. The maximum Gasteiger partial charge on any atom is 0.243 e. The van der Waals surface area contributed by atoms with E-state index in [2.05, 4.69) is 4.90 Å². The van der Waals surface area contributed by atoms with Gasteiger partial charge in [-0.3, -0.25) is 4.90 Å². The molecule has 1 aliphatic rings. The van der Waals surface area contributed by atoms with E-state index in [1.54, 1.807) is 49.4 Å². The molecule has 0 aliphatic carbocycles. The number of sulfonamides is 1. The van der Waals surface area contributed by atoms with Gasteiger partial charge in [0, 0.05) is 31.2 Å². The van der Waals surface area contributed by atoms with E-state index < -0.39 is 10.0 Å². The highest BCUT2D eigenvalue weighted by Crippen LogP contribution is 2.32. The Morgan fingerprint density at radius 2 is 1.31 bits per heavy atom. The molecule has 0 amide bonds. The largest absolute Gasteiger partial charge is 0.290 e. The Hall–Kier alpha value is -2.32. The van der Waals surface area contributed by atoms with E-state index in [9.17, 15) is 17.2 Å². The smallest absolute Gasteiger partial charge is 0.243 e. The molecule has 0 radical (unpaired) electrons. The maximum atomic E-state index is 13.5. The second-order valence-electron chi connectivity index (χ2n) is 7.81. The molecule has 3 aromatic carbocycles. The fourth-order valence-electron chi connectivity index (χ4n) is 4.11. The first-order valence-corrected chi connectivity index (χ1v) is 12.1. The molecule has 1 heterocycles. The van der Waals surface area contributed by atoms with E-state index in [0.29, 0.717) is 36.8 Å². The summed E-state index contributed by atoms with van der Waals surface area (Å²) in [6.45, 7) is 3.24. The van der Waals surface area contributed by atoms with Crippen molar-refractivity contribution in [2.24, 2.45) is 0 Å². The van der Waals surface area contributed by atoms with Gasteiger partial charge in [-0.2, -0.15) is 4.31 Å². The van der Waals surface area contributed by atoms with Crippen LogP contribution in [0.4, 0.5) is 8.78 Å². The highest BCUT2D eigenvalue weighted by atomic mass is 35.5. The molecule has 1 fully saturated rings. The van der Waals surface area contributed by atoms with Crippen LogP contribution in [0.25, 0.3) is 0 Å². The molecule has 0 atom stereocenters. The van der Waals surface area contributed by atoms with Gasteiger partial charge in [-0.15, -0.1) is 0 Å². The van der Waals surface area contributed by atoms with Gasteiger partial charge in [-0.1, -0.05) is 41.9 Å². The number of rotatable bonds is 5. The fraction of sp³-hybridized carbons (Fsp3) is 0.250. The SMILES string of the molecule is Cc1c(Cl)cccc1S(=O)(=O)N1CCN(C(c2ccc(F)cc2)c2ccc(F)cc2)CC1. The molecular formula is C24H23ClF2N2O2S. The summed E-state index contributed by atoms with van der Waals surface area (Å²) in [6, 6.07) is 17.1. The lowest BCUT2D eigenvalue weighted by Gasteiger charge is -2.39. The Balaban J connectivity index is 1.59. The zero-order chi connectivity index (χ0) is 22.9. The van der Waals surface area contributed by atoms with Crippen molar-refractivity contribution in [1.82, 2.24) is 9.21 Å². The Kier molecular flexibility index (Phi) is 6.62. The van der Waals surface area contributed by atoms with Gasteiger partial charge in [-0.25, -0.2) is 17.2 Å². The van der Waals surface area contributed by atoms with Crippen molar-refractivity contribution < 1.29 is 17.2 Å². The van der Waals surface area contributed by atoms with Gasteiger partial charge in [0.15, 0.2) is 0 Å². The quantitative estimate of drug-likeness (QED) is 0.519. The maximum absolute atomic E-state index is 13.5. The molecule has 0 bridgehead atoms. The predicted molar refractivity (Wildman–Crippen MR) is 121 cm³/mol. The molecule has 3 aromatic rings. The third-order valence-corrected chi connectivity index (χ3v) is 8.30. The van der Waals surface area contributed by atoms with Crippen molar-refractivity contribution >= 4 is 21.6 Å². The van der Waals surface area contributed by atoms with Crippen LogP contribution in [0.15, 0.2) is 71.6 Å². The van der Waals surface area contributed by atoms with Crippen LogP contribution >= 0.6 is 11.6 Å². The lowest BCUT2D eigenvalue weighted by atomic mass is 9.96. The van der Waals surface area contributed by atoms with Crippen molar-refractivity contribution in [3.63, 3.8) is 0 Å². The molecule has 32 heavy (non-hydrogen) atoms.